The third kappa shape index (κ3) is 2.96. The second kappa shape index (κ2) is 5.47. The van der Waals surface area contributed by atoms with Crippen LogP contribution in [0.1, 0.15) is 36.0 Å². The van der Waals surface area contributed by atoms with Crippen molar-refractivity contribution in [3.8, 4) is 0 Å². The Labute approximate surface area is 104 Å². The monoisotopic (exact) mass is 257 g/mol. The fourth-order valence-electron chi connectivity index (χ4n) is 1.88. The molecule has 5 heteroatoms. The van der Waals surface area contributed by atoms with Gasteiger partial charge in [0.05, 0.1) is 16.7 Å². The van der Waals surface area contributed by atoms with Crippen LogP contribution in [0, 0.1) is 5.82 Å². The van der Waals surface area contributed by atoms with Crippen molar-refractivity contribution in [1.82, 2.24) is 5.48 Å². The van der Waals surface area contributed by atoms with E-state index in [4.69, 9.17) is 16.4 Å². The fourth-order valence-corrected chi connectivity index (χ4v) is 2.05. The summed E-state index contributed by atoms with van der Waals surface area (Å²) < 4.78 is 13.5. The van der Waals surface area contributed by atoms with Gasteiger partial charge in [-0.05, 0) is 25.0 Å². The van der Waals surface area contributed by atoms with Crippen molar-refractivity contribution in [3.63, 3.8) is 0 Å². The maximum absolute atomic E-state index is 13.5. The molecule has 1 aliphatic carbocycles. The summed E-state index contributed by atoms with van der Waals surface area (Å²) in [6, 6.07) is 4.29. The number of carbonyl (C=O) groups is 1. The summed E-state index contributed by atoms with van der Waals surface area (Å²) in [6.45, 7) is 0. The van der Waals surface area contributed by atoms with Crippen LogP contribution in [0.5, 0.6) is 0 Å². The Morgan fingerprint density at radius 2 is 2.12 bits per heavy atom. The first-order valence-electron chi connectivity index (χ1n) is 5.58. The van der Waals surface area contributed by atoms with E-state index in [9.17, 15) is 9.18 Å². The summed E-state index contributed by atoms with van der Waals surface area (Å²) in [4.78, 5) is 16.8. The van der Waals surface area contributed by atoms with Crippen LogP contribution in [0.4, 0.5) is 4.39 Å². The third-order valence-electron chi connectivity index (χ3n) is 2.82. The van der Waals surface area contributed by atoms with Crippen molar-refractivity contribution in [2.24, 2.45) is 0 Å². The predicted octanol–water partition coefficient (Wildman–Crippen LogP) is 3.08. The van der Waals surface area contributed by atoms with E-state index in [0.29, 0.717) is 0 Å². The smallest absolute Gasteiger partial charge is 0.270 e. The summed E-state index contributed by atoms with van der Waals surface area (Å²) in [6.07, 6.45) is 4.11. The van der Waals surface area contributed by atoms with Crippen molar-refractivity contribution in [3.05, 3.63) is 34.6 Å². The number of carbonyl (C=O) groups excluding carboxylic acids is 1. The van der Waals surface area contributed by atoms with E-state index in [2.05, 4.69) is 5.48 Å². The first kappa shape index (κ1) is 12.3. The van der Waals surface area contributed by atoms with Crippen molar-refractivity contribution < 1.29 is 14.0 Å². The predicted molar refractivity (Wildman–Crippen MR) is 62.2 cm³/mol. The van der Waals surface area contributed by atoms with Gasteiger partial charge in [-0.25, -0.2) is 9.87 Å². The molecule has 1 aromatic rings. The third-order valence-corrected chi connectivity index (χ3v) is 3.11. The lowest BCUT2D eigenvalue weighted by atomic mass is 10.2. The Bertz CT molecular complexity index is 419. The standard InChI is InChI=1S/C12H13ClFNO2/c13-10-7-3-6-9(11(10)14)12(16)15-17-8-4-1-2-5-8/h3,6-8H,1-2,4-5H2,(H,15,16). The summed E-state index contributed by atoms with van der Waals surface area (Å²) in [5, 5.41) is -0.0708. The minimum absolute atomic E-state index is 0.0428. The highest BCUT2D eigenvalue weighted by molar-refractivity contribution is 6.31. The molecule has 92 valence electrons. The van der Waals surface area contributed by atoms with Gasteiger partial charge in [0.1, 0.15) is 0 Å². The van der Waals surface area contributed by atoms with Gasteiger partial charge < -0.3 is 0 Å². The molecule has 1 fully saturated rings. The molecule has 1 saturated carbocycles. The van der Waals surface area contributed by atoms with E-state index in [0.717, 1.165) is 25.7 Å². The zero-order valence-corrected chi connectivity index (χ0v) is 9.97. The van der Waals surface area contributed by atoms with E-state index in [1.54, 1.807) is 0 Å². The molecule has 3 nitrogen and oxygen atoms in total. The quantitative estimate of drug-likeness (QED) is 0.845. The van der Waals surface area contributed by atoms with E-state index >= 15 is 0 Å². The van der Waals surface area contributed by atoms with Crippen molar-refractivity contribution in [2.75, 3.05) is 0 Å². The average Bonchev–Trinajstić information content (AvgIpc) is 2.82. The molecule has 0 radical (unpaired) electrons. The van der Waals surface area contributed by atoms with Crippen LogP contribution >= 0.6 is 11.6 Å². The summed E-state index contributed by atoms with van der Waals surface area (Å²) in [7, 11) is 0. The van der Waals surface area contributed by atoms with Gasteiger partial charge in [0, 0.05) is 0 Å². The topological polar surface area (TPSA) is 38.3 Å². The van der Waals surface area contributed by atoms with Crippen LogP contribution in [-0.2, 0) is 4.84 Å². The van der Waals surface area contributed by atoms with Crippen LogP contribution in [0.25, 0.3) is 0 Å². The van der Waals surface area contributed by atoms with Gasteiger partial charge in [-0.3, -0.25) is 9.63 Å². The van der Waals surface area contributed by atoms with E-state index in [1.807, 2.05) is 0 Å². The number of halogens is 2. The maximum atomic E-state index is 13.5. The molecule has 0 spiro atoms. The molecule has 1 amide bonds. The Balaban J connectivity index is 1.97. The molecule has 0 atom stereocenters. The number of nitrogens with one attached hydrogen (secondary N) is 1. The van der Waals surface area contributed by atoms with Crippen LogP contribution < -0.4 is 5.48 Å². The highest BCUT2D eigenvalue weighted by atomic mass is 35.5. The van der Waals surface area contributed by atoms with Crippen LogP contribution in [0.15, 0.2) is 18.2 Å². The van der Waals surface area contributed by atoms with Gasteiger partial charge in [-0.1, -0.05) is 30.5 Å². The molecule has 0 unspecified atom stereocenters. The Kier molecular flexibility index (Phi) is 3.97. The van der Waals surface area contributed by atoms with Gasteiger partial charge in [0.2, 0.25) is 0 Å². The number of hydrogen-bond acceptors (Lipinski definition) is 2. The number of hydrogen-bond donors (Lipinski definition) is 1. The Hall–Kier alpha value is -1.13. The molecule has 0 heterocycles. The largest absolute Gasteiger partial charge is 0.277 e. The molecular formula is C12H13ClFNO2. The minimum atomic E-state index is -0.721. The summed E-state index contributed by atoms with van der Waals surface area (Å²) in [5.74, 6) is -1.32. The number of hydroxylamine groups is 1. The van der Waals surface area contributed by atoms with Gasteiger partial charge in [0.25, 0.3) is 5.91 Å². The SMILES string of the molecule is O=C(NOC1CCCC1)c1cccc(Cl)c1F. The summed E-state index contributed by atoms with van der Waals surface area (Å²) in [5.41, 5.74) is 2.17. The normalized spacial score (nSPS) is 16.1. The molecule has 17 heavy (non-hydrogen) atoms. The second-order valence-electron chi connectivity index (χ2n) is 4.06. The maximum Gasteiger partial charge on any atom is 0.277 e. The molecule has 1 aromatic carbocycles. The molecule has 0 aromatic heterocycles. The fraction of sp³-hybridized carbons (Fsp3) is 0.417. The highest BCUT2D eigenvalue weighted by Crippen LogP contribution is 2.21. The first-order chi connectivity index (χ1) is 8.18. The van der Waals surface area contributed by atoms with Gasteiger partial charge in [0.15, 0.2) is 5.82 Å². The van der Waals surface area contributed by atoms with Gasteiger partial charge in [-0.15, -0.1) is 0 Å². The van der Waals surface area contributed by atoms with Crippen LogP contribution in [0.3, 0.4) is 0 Å². The number of rotatable bonds is 3. The van der Waals surface area contributed by atoms with Crippen molar-refractivity contribution >= 4 is 17.5 Å². The van der Waals surface area contributed by atoms with Gasteiger partial charge >= 0.3 is 0 Å². The van der Waals surface area contributed by atoms with Crippen molar-refractivity contribution in [2.45, 2.75) is 31.8 Å². The minimum Gasteiger partial charge on any atom is -0.270 e. The molecule has 0 bridgehead atoms. The lowest BCUT2D eigenvalue weighted by Crippen LogP contribution is -2.29. The van der Waals surface area contributed by atoms with E-state index in [-0.39, 0.29) is 16.7 Å². The first-order valence-corrected chi connectivity index (χ1v) is 5.96. The zero-order valence-electron chi connectivity index (χ0n) is 9.21. The molecular weight excluding hydrogens is 245 g/mol. The second-order valence-corrected chi connectivity index (χ2v) is 4.46. The average molecular weight is 258 g/mol. The Morgan fingerprint density at radius 3 is 2.82 bits per heavy atom. The molecule has 0 saturated heterocycles. The van der Waals surface area contributed by atoms with E-state index < -0.39 is 11.7 Å². The Morgan fingerprint density at radius 1 is 1.41 bits per heavy atom. The van der Waals surface area contributed by atoms with Crippen LogP contribution in [-0.4, -0.2) is 12.0 Å². The summed E-state index contributed by atoms with van der Waals surface area (Å²) >= 11 is 5.59. The van der Waals surface area contributed by atoms with E-state index in [1.165, 1.54) is 18.2 Å². The molecule has 2 rings (SSSR count). The number of amides is 1. The lowest BCUT2D eigenvalue weighted by molar-refractivity contribution is -0.0127. The highest BCUT2D eigenvalue weighted by Gasteiger charge is 2.19. The zero-order chi connectivity index (χ0) is 12.3. The molecule has 0 aliphatic heterocycles. The lowest BCUT2D eigenvalue weighted by Gasteiger charge is -2.11. The molecule has 1 aliphatic rings. The van der Waals surface area contributed by atoms with Gasteiger partial charge in [-0.2, -0.15) is 0 Å². The van der Waals surface area contributed by atoms with Crippen LogP contribution in [0.2, 0.25) is 5.02 Å². The van der Waals surface area contributed by atoms with Crippen molar-refractivity contribution in [1.29, 1.82) is 0 Å². The number of benzene rings is 1. The molecule has 1 N–H and O–H groups in total.